The van der Waals surface area contributed by atoms with Crippen LogP contribution < -0.4 is 5.32 Å². The number of aromatic nitrogens is 1. The number of rotatable bonds is 4. The second-order valence-electron chi connectivity index (χ2n) is 3.75. The van der Waals surface area contributed by atoms with Gasteiger partial charge in [-0.1, -0.05) is 6.07 Å². The molecule has 2 aromatic rings. The fourth-order valence-corrected chi connectivity index (χ4v) is 1.74. The van der Waals surface area contributed by atoms with Gasteiger partial charge in [0.25, 0.3) is 0 Å². The monoisotopic (exact) mass is 252 g/mol. The number of nitrogens with one attached hydrogen (secondary N) is 1. The van der Waals surface area contributed by atoms with Crippen LogP contribution in [-0.2, 0) is 11.3 Å². The molecule has 1 amide bonds. The molecule has 1 N–H and O–H groups in total. The van der Waals surface area contributed by atoms with Gasteiger partial charge in [0.05, 0.1) is 0 Å². The van der Waals surface area contributed by atoms with Crippen LogP contribution in [0.5, 0.6) is 0 Å². The first kappa shape index (κ1) is 11.9. The molecular formula is C12H13ClN2O2. The average Bonchev–Trinajstić information content (AvgIpc) is 2.66. The van der Waals surface area contributed by atoms with E-state index in [4.69, 9.17) is 16.0 Å². The van der Waals surface area contributed by atoms with Gasteiger partial charge in [-0.2, -0.15) is 0 Å². The molecule has 0 aliphatic carbocycles. The molecule has 0 aliphatic rings. The van der Waals surface area contributed by atoms with Crippen LogP contribution in [0, 0.1) is 6.92 Å². The van der Waals surface area contributed by atoms with E-state index in [1.54, 1.807) is 0 Å². The predicted molar refractivity (Wildman–Crippen MR) is 65.9 cm³/mol. The highest BCUT2D eigenvalue weighted by Crippen LogP contribution is 2.16. The summed E-state index contributed by atoms with van der Waals surface area (Å²) in [5, 5.41) is 2.79. The number of benzene rings is 1. The van der Waals surface area contributed by atoms with Gasteiger partial charge >= 0.3 is 0 Å². The van der Waals surface area contributed by atoms with Crippen molar-refractivity contribution in [3.63, 3.8) is 0 Å². The number of carbonyl (C=O) groups is 1. The molecule has 90 valence electrons. The molecule has 5 heteroatoms. The molecule has 1 heterocycles. The number of oxazole rings is 1. The lowest BCUT2D eigenvalue weighted by atomic mass is 10.2. The Morgan fingerprint density at radius 3 is 3.12 bits per heavy atom. The van der Waals surface area contributed by atoms with E-state index in [0.29, 0.717) is 24.7 Å². The Hall–Kier alpha value is -1.55. The highest BCUT2D eigenvalue weighted by Gasteiger charge is 2.04. The topological polar surface area (TPSA) is 55.1 Å². The van der Waals surface area contributed by atoms with Crippen LogP contribution in [0.1, 0.15) is 17.9 Å². The second-order valence-corrected chi connectivity index (χ2v) is 4.13. The Labute approximate surface area is 104 Å². The second kappa shape index (κ2) is 5.19. The maximum absolute atomic E-state index is 11.3. The number of halogens is 1. The molecule has 0 aliphatic heterocycles. The van der Waals surface area contributed by atoms with E-state index in [9.17, 15) is 4.79 Å². The standard InChI is InChI=1S/C12H13ClN2O2/c1-8-15-10-3-2-9(6-11(10)17-8)7-14-12(16)4-5-13/h2-3,6H,4-5,7H2,1H3,(H,14,16). The summed E-state index contributed by atoms with van der Waals surface area (Å²) in [7, 11) is 0. The van der Waals surface area contributed by atoms with Crippen molar-refractivity contribution in [1.29, 1.82) is 0 Å². The fraction of sp³-hybridized carbons (Fsp3) is 0.333. The summed E-state index contributed by atoms with van der Waals surface area (Å²) in [5.41, 5.74) is 2.56. The van der Waals surface area contributed by atoms with E-state index in [0.717, 1.165) is 16.7 Å². The van der Waals surface area contributed by atoms with Gasteiger partial charge in [0.15, 0.2) is 11.5 Å². The van der Waals surface area contributed by atoms with Gasteiger partial charge in [-0.3, -0.25) is 4.79 Å². The molecule has 0 spiro atoms. The molecule has 0 unspecified atom stereocenters. The quantitative estimate of drug-likeness (QED) is 0.850. The predicted octanol–water partition coefficient (Wildman–Crippen LogP) is 2.38. The van der Waals surface area contributed by atoms with Crippen LogP contribution in [0.2, 0.25) is 0 Å². The first-order valence-corrected chi connectivity index (χ1v) is 5.91. The molecule has 2 rings (SSSR count). The van der Waals surface area contributed by atoms with Gasteiger partial charge in [0.2, 0.25) is 5.91 Å². The lowest BCUT2D eigenvalue weighted by Crippen LogP contribution is -2.22. The Morgan fingerprint density at radius 1 is 1.53 bits per heavy atom. The molecule has 0 saturated heterocycles. The van der Waals surface area contributed by atoms with Gasteiger partial charge in [-0.15, -0.1) is 11.6 Å². The minimum atomic E-state index is -0.0474. The third-order valence-electron chi connectivity index (χ3n) is 2.37. The first-order valence-electron chi connectivity index (χ1n) is 5.38. The van der Waals surface area contributed by atoms with E-state index >= 15 is 0 Å². The van der Waals surface area contributed by atoms with Gasteiger partial charge in [0, 0.05) is 25.8 Å². The molecule has 0 saturated carbocycles. The van der Waals surface area contributed by atoms with Crippen molar-refractivity contribution in [1.82, 2.24) is 10.3 Å². The van der Waals surface area contributed by atoms with Crippen LogP contribution in [0.3, 0.4) is 0 Å². The van der Waals surface area contributed by atoms with Gasteiger partial charge < -0.3 is 9.73 Å². The summed E-state index contributed by atoms with van der Waals surface area (Å²) in [4.78, 5) is 15.5. The van der Waals surface area contributed by atoms with Crippen LogP contribution in [-0.4, -0.2) is 16.8 Å². The zero-order chi connectivity index (χ0) is 12.3. The number of alkyl halides is 1. The van der Waals surface area contributed by atoms with Crippen LogP contribution in [0.4, 0.5) is 0 Å². The molecule has 0 fully saturated rings. The first-order chi connectivity index (χ1) is 8.19. The van der Waals surface area contributed by atoms with Gasteiger partial charge in [0.1, 0.15) is 5.52 Å². The maximum Gasteiger partial charge on any atom is 0.221 e. The highest BCUT2D eigenvalue weighted by atomic mass is 35.5. The van der Waals surface area contributed by atoms with Crippen LogP contribution in [0.25, 0.3) is 11.1 Å². The van der Waals surface area contributed by atoms with E-state index in [1.807, 2.05) is 25.1 Å². The third-order valence-corrected chi connectivity index (χ3v) is 2.56. The van der Waals surface area contributed by atoms with Crippen molar-refractivity contribution >= 4 is 28.6 Å². The van der Waals surface area contributed by atoms with Crippen molar-refractivity contribution in [3.05, 3.63) is 29.7 Å². The smallest absolute Gasteiger partial charge is 0.221 e. The van der Waals surface area contributed by atoms with Crippen molar-refractivity contribution in [2.75, 3.05) is 5.88 Å². The zero-order valence-electron chi connectivity index (χ0n) is 9.50. The summed E-state index contributed by atoms with van der Waals surface area (Å²) in [6.45, 7) is 2.29. The normalized spacial score (nSPS) is 10.7. The van der Waals surface area contributed by atoms with Gasteiger partial charge in [-0.25, -0.2) is 4.98 Å². The summed E-state index contributed by atoms with van der Waals surface area (Å²) in [6.07, 6.45) is 0.339. The molecule has 17 heavy (non-hydrogen) atoms. The SMILES string of the molecule is Cc1nc2ccc(CNC(=O)CCCl)cc2o1. The summed E-state index contributed by atoms with van der Waals surface area (Å²) < 4.78 is 5.42. The minimum absolute atomic E-state index is 0.0474. The number of nitrogens with zero attached hydrogens (tertiary/aromatic N) is 1. The number of hydrogen-bond acceptors (Lipinski definition) is 3. The number of carbonyl (C=O) groups excluding carboxylic acids is 1. The van der Waals surface area contributed by atoms with Crippen molar-refractivity contribution < 1.29 is 9.21 Å². The molecule has 0 radical (unpaired) electrons. The number of fused-ring (bicyclic) bond motifs is 1. The van der Waals surface area contributed by atoms with Crippen LogP contribution >= 0.6 is 11.6 Å². The largest absolute Gasteiger partial charge is 0.441 e. The lowest BCUT2D eigenvalue weighted by Gasteiger charge is -2.03. The minimum Gasteiger partial charge on any atom is -0.441 e. The van der Waals surface area contributed by atoms with E-state index in [-0.39, 0.29) is 5.91 Å². The summed E-state index contributed by atoms with van der Waals surface area (Å²) in [6, 6.07) is 5.69. The molecule has 4 nitrogen and oxygen atoms in total. The Kier molecular flexibility index (Phi) is 3.64. The summed E-state index contributed by atoms with van der Waals surface area (Å²) in [5.74, 6) is 0.934. The number of amides is 1. The van der Waals surface area contributed by atoms with Crippen molar-refractivity contribution in [2.45, 2.75) is 19.9 Å². The fourth-order valence-electron chi connectivity index (χ4n) is 1.57. The molecule has 0 atom stereocenters. The number of aryl methyl sites for hydroxylation is 1. The van der Waals surface area contributed by atoms with Crippen LogP contribution in [0.15, 0.2) is 22.6 Å². The van der Waals surface area contributed by atoms with E-state index in [1.165, 1.54) is 0 Å². The zero-order valence-corrected chi connectivity index (χ0v) is 10.3. The average molecular weight is 253 g/mol. The molecule has 1 aromatic heterocycles. The Morgan fingerprint density at radius 2 is 2.35 bits per heavy atom. The maximum atomic E-state index is 11.3. The molecular weight excluding hydrogens is 240 g/mol. The van der Waals surface area contributed by atoms with Gasteiger partial charge in [-0.05, 0) is 17.7 Å². The Bertz CT molecular complexity index is 536. The lowest BCUT2D eigenvalue weighted by molar-refractivity contribution is -0.120. The van der Waals surface area contributed by atoms with E-state index < -0.39 is 0 Å². The third kappa shape index (κ3) is 2.97. The Balaban J connectivity index is 2.06. The number of hydrogen-bond donors (Lipinski definition) is 1. The van der Waals surface area contributed by atoms with Crippen molar-refractivity contribution in [3.8, 4) is 0 Å². The molecule has 0 bridgehead atoms. The summed E-state index contributed by atoms with van der Waals surface area (Å²) >= 11 is 5.47. The van der Waals surface area contributed by atoms with Crippen molar-refractivity contribution in [2.24, 2.45) is 0 Å². The highest BCUT2D eigenvalue weighted by molar-refractivity contribution is 6.18. The molecule has 1 aromatic carbocycles. The van der Waals surface area contributed by atoms with E-state index in [2.05, 4.69) is 10.3 Å².